The summed E-state index contributed by atoms with van der Waals surface area (Å²) in [7, 11) is 1.63. The third-order valence-corrected chi connectivity index (χ3v) is 4.61. The molecule has 0 unspecified atom stereocenters. The van der Waals surface area contributed by atoms with E-state index in [-0.39, 0.29) is 12.0 Å². The van der Waals surface area contributed by atoms with Crippen LogP contribution >= 0.6 is 0 Å². The molecular formula is C20H24N2O3. The third-order valence-electron chi connectivity index (χ3n) is 4.61. The number of carbonyl (C=O) groups is 1. The highest BCUT2D eigenvalue weighted by Gasteiger charge is 2.17. The minimum atomic E-state index is -0.186. The van der Waals surface area contributed by atoms with Gasteiger partial charge in [0.2, 0.25) is 0 Å². The number of methoxy groups -OCH3 is 1. The van der Waals surface area contributed by atoms with Crippen molar-refractivity contribution in [3.05, 3.63) is 53.6 Å². The van der Waals surface area contributed by atoms with E-state index in [1.165, 1.54) is 0 Å². The molecule has 0 atom stereocenters. The highest BCUT2D eigenvalue weighted by Crippen LogP contribution is 2.23. The molecule has 1 fully saturated rings. The Kier molecular flexibility index (Phi) is 5.24. The van der Waals surface area contributed by atoms with Crippen molar-refractivity contribution in [2.45, 2.75) is 25.9 Å². The topological polar surface area (TPSA) is 61.8 Å². The van der Waals surface area contributed by atoms with E-state index in [0.717, 1.165) is 48.6 Å². The summed E-state index contributed by atoms with van der Waals surface area (Å²) in [4.78, 5) is 14.7. The third kappa shape index (κ3) is 4.12. The lowest BCUT2D eigenvalue weighted by Crippen LogP contribution is -2.35. The van der Waals surface area contributed by atoms with E-state index in [1.54, 1.807) is 7.11 Å². The number of amides is 1. The average Bonchev–Trinajstić information content (AvgIpc) is 2.63. The maximum absolute atomic E-state index is 12.4. The molecule has 1 aliphatic heterocycles. The van der Waals surface area contributed by atoms with Crippen LogP contribution < -0.4 is 15.0 Å². The van der Waals surface area contributed by atoms with Crippen LogP contribution in [0.4, 0.5) is 11.4 Å². The zero-order chi connectivity index (χ0) is 17.8. The van der Waals surface area contributed by atoms with Gasteiger partial charge < -0.3 is 20.1 Å². The lowest BCUT2D eigenvalue weighted by molar-refractivity contribution is 0.102. The van der Waals surface area contributed by atoms with Gasteiger partial charge in [-0.25, -0.2) is 0 Å². The first-order valence-corrected chi connectivity index (χ1v) is 8.56. The maximum Gasteiger partial charge on any atom is 0.255 e. The van der Waals surface area contributed by atoms with Crippen molar-refractivity contribution in [3.63, 3.8) is 0 Å². The van der Waals surface area contributed by atoms with Gasteiger partial charge in [0.05, 0.1) is 13.2 Å². The first-order chi connectivity index (χ1) is 12.1. The summed E-state index contributed by atoms with van der Waals surface area (Å²) in [6.45, 7) is 3.63. The number of hydrogen-bond donors (Lipinski definition) is 2. The van der Waals surface area contributed by atoms with Crippen LogP contribution in [0.1, 0.15) is 28.8 Å². The average molecular weight is 340 g/mol. The van der Waals surface area contributed by atoms with Crippen molar-refractivity contribution >= 4 is 17.3 Å². The molecule has 0 aromatic heterocycles. The molecule has 132 valence electrons. The fraction of sp³-hybridized carbons (Fsp3) is 0.350. The van der Waals surface area contributed by atoms with Crippen LogP contribution in [0.2, 0.25) is 0 Å². The molecule has 2 aromatic rings. The largest absolute Gasteiger partial charge is 0.496 e. The maximum atomic E-state index is 12.4. The van der Waals surface area contributed by atoms with Gasteiger partial charge in [0.15, 0.2) is 0 Å². The van der Waals surface area contributed by atoms with Crippen LogP contribution in [0.5, 0.6) is 5.75 Å². The smallest absolute Gasteiger partial charge is 0.255 e. The number of hydrogen-bond acceptors (Lipinski definition) is 4. The predicted molar refractivity (Wildman–Crippen MR) is 99.6 cm³/mol. The minimum Gasteiger partial charge on any atom is -0.496 e. The summed E-state index contributed by atoms with van der Waals surface area (Å²) in [5.74, 6) is 0.666. The Morgan fingerprint density at radius 1 is 1.16 bits per heavy atom. The monoisotopic (exact) mass is 340 g/mol. The van der Waals surface area contributed by atoms with E-state index < -0.39 is 0 Å². The van der Waals surface area contributed by atoms with E-state index in [0.29, 0.717) is 5.56 Å². The van der Waals surface area contributed by atoms with Crippen molar-refractivity contribution in [1.29, 1.82) is 0 Å². The Morgan fingerprint density at radius 3 is 2.44 bits per heavy atom. The first-order valence-electron chi connectivity index (χ1n) is 8.56. The number of benzene rings is 2. The first kappa shape index (κ1) is 17.3. The molecule has 1 heterocycles. The highest BCUT2D eigenvalue weighted by atomic mass is 16.5. The standard InChI is InChI=1S/C20H24N2O3/c1-14-13-16(5-8-19(14)25-2)21-20(24)15-3-6-17(7-4-15)22-11-9-18(23)10-12-22/h3-8,13,18,23H,9-12H2,1-2H3,(H,21,24). The fourth-order valence-corrected chi connectivity index (χ4v) is 3.11. The number of anilines is 2. The van der Waals surface area contributed by atoms with Crippen molar-refractivity contribution in [3.8, 4) is 5.75 Å². The Balaban J connectivity index is 1.65. The minimum absolute atomic E-state index is 0.134. The number of piperidine rings is 1. The van der Waals surface area contributed by atoms with Crippen LogP contribution in [0.15, 0.2) is 42.5 Å². The van der Waals surface area contributed by atoms with Gasteiger partial charge in [-0.05, 0) is 67.8 Å². The van der Waals surface area contributed by atoms with Gasteiger partial charge in [-0.3, -0.25) is 4.79 Å². The zero-order valence-electron chi connectivity index (χ0n) is 14.7. The van der Waals surface area contributed by atoms with Crippen molar-refractivity contribution in [2.75, 3.05) is 30.4 Å². The molecule has 2 N–H and O–H groups in total. The molecule has 2 aromatic carbocycles. The lowest BCUT2D eigenvalue weighted by atomic mass is 10.1. The molecule has 0 radical (unpaired) electrons. The Hall–Kier alpha value is -2.53. The molecule has 3 rings (SSSR count). The summed E-state index contributed by atoms with van der Waals surface area (Å²) in [5, 5.41) is 12.5. The molecule has 1 aliphatic rings. The lowest BCUT2D eigenvalue weighted by Gasteiger charge is -2.31. The summed E-state index contributed by atoms with van der Waals surface area (Å²) in [6.07, 6.45) is 1.40. The molecule has 0 aliphatic carbocycles. The Labute approximate surface area is 148 Å². The van der Waals surface area contributed by atoms with Gasteiger partial charge >= 0.3 is 0 Å². The molecule has 1 saturated heterocycles. The van der Waals surface area contributed by atoms with E-state index in [1.807, 2.05) is 49.4 Å². The van der Waals surface area contributed by atoms with E-state index >= 15 is 0 Å². The molecule has 0 spiro atoms. The second-order valence-electron chi connectivity index (χ2n) is 6.40. The van der Waals surface area contributed by atoms with Crippen LogP contribution in [0, 0.1) is 6.92 Å². The number of aryl methyl sites for hydroxylation is 1. The molecule has 5 nitrogen and oxygen atoms in total. The molecule has 0 saturated carbocycles. The number of aliphatic hydroxyl groups is 1. The number of nitrogens with zero attached hydrogens (tertiary/aromatic N) is 1. The van der Waals surface area contributed by atoms with Crippen LogP contribution in [-0.4, -0.2) is 37.3 Å². The summed E-state index contributed by atoms with van der Waals surface area (Å²) in [6, 6.07) is 13.2. The highest BCUT2D eigenvalue weighted by molar-refractivity contribution is 6.04. The number of rotatable bonds is 4. The van der Waals surface area contributed by atoms with E-state index in [9.17, 15) is 9.90 Å². The van der Waals surface area contributed by atoms with Gasteiger partial charge in [0.25, 0.3) is 5.91 Å². The summed E-state index contributed by atoms with van der Waals surface area (Å²) < 4.78 is 5.23. The molecular weight excluding hydrogens is 316 g/mol. The van der Waals surface area contributed by atoms with Gasteiger partial charge in [-0.2, -0.15) is 0 Å². The Morgan fingerprint density at radius 2 is 1.84 bits per heavy atom. The SMILES string of the molecule is COc1ccc(NC(=O)c2ccc(N3CCC(O)CC3)cc2)cc1C. The van der Waals surface area contributed by atoms with Crippen molar-refractivity contribution < 1.29 is 14.6 Å². The van der Waals surface area contributed by atoms with Gasteiger partial charge in [-0.15, -0.1) is 0 Å². The van der Waals surface area contributed by atoms with Crippen LogP contribution in [0.25, 0.3) is 0 Å². The molecule has 0 bridgehead atoms. The van der Waals surface area contributed by atoms with Gasteiger partial charge in [0.1, 0.15) is 5.75 Å². The van der Waals surface area contributed by atoms with Gasteiger partial charge in [0, 0.05) is 30.0 Å². The molecule has 25 heavy (non-hydrogen) atoms. The number of aliphatic hydroxyl groups excluding tert-OH is 1. The Bertz CT molecular complexity index is 735. The summed E-state index contributed by atoms with van der Waals surface area (Å²) in [5.41, 5.74) is 3.43. The second-order valence-corrected chi connectivity index (χ2v) is 6.40. The fourth-order valence-electron chi connectivity index (χ4n) is 3.11. The van der Waals surface area contributed by atoms with Crippen molar-refractivity contribution in [1.82, 2.24) is 0 Å². The van der Waals surface area contributed by atoms with E-state index in [4.69, 9.17) is 4.74 Å². The number of ether oxygens (including phenoxy) is 1. The van der Waals surface area contributed by atoms with Crippen molar-refractivity contribution in [2.24, 2.45) is 0 Å². The van der Waals surface area contributed by atoms with Crippen LogP contribution in [-0.2, 0) is 0 Å². The van der Waals surface area contributed by atoms with Crippen LogP contribution in [0.3, 0.4) is 0 Å². The van der Waals surface area contributed by atoms with Gasteiger partial charge in [-0.1, -0.05) is 0 Å². The zero-order valence-corrected chi connectivity index (χ0v) is 14.7. The number of carbonyl (C=O) groups excluding carboxylic acids is 1. The molecule has 5 heteroatoms. The normalized spacial score (nSPS) is 15.1. The number of nitrogens with one attached hydrogen (secondary N) is 1. The quantitative estimate of drug-likeness (QED) is 0.897. The predicted octanol–water partition coefficient (Wildman–Crippen LogP) is 3.22. The van der Waals surface area contributed by atoms with E-state index in [2.05, 4.69) is 10.2 Å². The molecule has 1 amide bonds. The second kappa shape index (κ2) is 7.57. The summed E-state index contributed by atoms with van der Waals surface area (Å²) >= 11 is 0.